The van der Waals surface area contributed by atoms with Gasteiger partial charge in [0.25, 0.3) is 0 Å². The number of fused-ring (bicyclic) bond motifs is 2. The van der Waals surface area contributed by atoms with Crippen LogP contribution in [-0.2, 0) is 4.74 Å². The van der Waals surface area contributed by atoms with E-state index in [0.29, 0.717) is 10.6 Å². The number of carbonyl (C=O) groups excluding carboxylic acids is 1. The normalized spacial score (nSPS) is 17.7. The fourth-order valence-electron chi connectivity index (χ4n) is 4.18. The van der Waals surface area contributed by atoms with Crippen LogP contribution in [0.4, 0.5) is 0 Å². The molecule has 0 bridgehead atoms. The zero-order chi connectivity index (χ0) is 21.4. The van der Waals surface area contributed by atoms with Crippen molar-refractivity contribution < 1.29 is 14.6 Å². The Labute approximate surface area is 184 Å². The lowest BCUT2D eigenvalue weighted by atomic mass is 9.86. The molecule has 1 unspecified atom stereocenters. The number of aliphatic hydroxyl groups is 1. The van der Waals surface area contributed by atoms with Crippen LogP contribution < -0.4 is 10.4 Å². The predicted molar refractivity (Wildman–Crippen MR) is 123 cm³/mol. The minimum Gasteiger partial charge on any atom is -0.425 e. The number of halogens is 1. The Morgan fingerprint density at radius 1 is 0.903 bits per heavy atom. The van der Waals surface area contributed by atoms with Crippen molar-refractivity contribution in [2.75, 3.05) is 0 Å². The molecule has 1 aliphatic rings. The van der Waals surface area contributed by atoms with Crippen molar-refractivity contribution in [1.29, 1.82) is 0 Å². The van der Waals surface area contributed by atoms with E-state index in [4.69, 9.17) is 16.3 Å². The van der Waals surface area contributed by atoms with Gasteiger partial charge in [0, 0.05) is 17.0 Å². The highest BCUT2D eigenvalue weighted by atomic mass is 35.5. The monoisotopic (exact) mass is 426 g/mol. The Morgan fingerprint density at radius 3 is 2.52 bits per heavy atom. The number of carbonyl (C=O) groups is 1. The third kappa shape index (κ3) is 3.52. The van der Waals surface area contributed by atoms with E-state index in [0.717, 1.165) is 26.8 Å². The lowest BCUT2D eigenvalue weighted by Crippen LogP contribution is -2.46. The molecule has 0 amide bonds. The molecular formula is C27H19ClO3. The van der Waals surface area contributed by atoms with Crippen molar-refractivity contribution in [1.82, 2.24) is 0 Å². The van der Waals surface area contributed by atoms with Crippen LogP contribution in [0, 0.1) is 0 Å². The van der Waals surface area contributed by atoms with E-state index in [1.54, 1.807) is 18.2 Å². The van der Waals surface area contributed by atoms with Gasteiger partial charge in [0.05, 0.1) is 5.56 Å². The zero-order valence-electron chi connectivity index (χ0n) is 16.6. The molecule has 4 aromatic carbocycles. The summed E-state index contributed by atoms with van der Waals surface area (Å²) < 4.78 is 5.78. The van der Waals surface area contributed by atoms with Gasteiger partial charge in [-0.2, -0.15) is 0 Å². The smallest absolute Gasteiger partial charge is 0.340 e. The summed E-state index contributed by atoms with van der Waals surface area (Å²) >= 11 is 6.04. The molecule has 0 radical (unpaired) electrons. The molecule has 31 heavy (non-hydrogen) atoms. The second kappa shape index (κ2) is 7.69. The van der Waals surface area contributed by atoms with Crippen molar-refractivity contribution >= 4 is 40.0 Å². The van der Waals surface area contributed by atoms with Crippen molar-refractivity contribution in [3.63, 3.8) is 0 Å². The molecule has 4 heteroatoms. The third-order valence-electron chi connectivity index (χ3n) is 5.60. The zero-order valence-corrected chi connectivity index (χ0v) is 17.3. The number of ether oxygens (including phenoxy) is 1. The third-order valence-corrected chi connectivity index (χ3v) is 5.84. The molecule has 152 valence electrons. The lowest BCUT2D eigenvalue weighted by Gasteiger charge is -2.32. The van der Waals surface area contributed by atoms with Crippen LogP contribution in [0.5, 0.6) is 0 Å². The first-order valence-corrected chi connectivity index (χ1v) is 10.4. The number of esters is 1. The van der Waals surface area contributed by atoms with E-state index in [9.17, 15) is 9.90 Å². The highest BCUT2D eigenvalue weighted by molar-refractivity contribution is 6.30. The van der Waals surface area contributed by atoms with Gasteiger partial charge in [0.15, 0.2) is 0 Å². The van der Waals surface area contributed by atoms with Crippen LogP contribution in [0.15, 0.2) is 91.0 Å². The fraction of sp³-hybridized carbons (Fsp3) is 0.0741. The Hall–Kier alpha value is -3.40. The van der Waals surface area contributed by atoms with E-state index < -0.39 is 11.8 Å². The van der Waals surface area contributed by atoms with E-state index in [1.807, 2.05) is 72.8 Å². The second-order valence-electron chi connectivity index (χ2n) is 7.58. The van der Waals surface area contributed by atoms with E-state index in [-0.39, 0.29) is 12.0 Å². The molecule has 0 fully saturated rings. The van der Waals surface area contributed by atoms with Gasteiger partial charge in [-0.3, -0.25) is 0 Å². The topological polar surface area (TPSA) is 46.5 Å². The number of hydrogen-bond acceptors (Lipinski definition) is 3. The van der Waals surface area contributed by atoms with Gasteiger partial charge in [-0.25, -0.2) is 4.79 Å². The Bertz CT molecular complexity index is 1440. The molecule has 0 aliphatic heterocycles. The summed E-state index contributed by atoms with van der Waals surface area (Å²) in [6.45, 7) is 0. The van der Waals surface area contributed by atoms with Crippen molar-refractivity contribution in [3.8, 4) is 0 Å². The molecule has 0 saturated heterocycles. The quantitative estimate of drug-likeness (QED) is 0.389. The van der Waals surface area contributed by atoms with E-state index in [1.165, 1.54) is 6.07 Å². The van der Waals surface area contributed by atoms with Crippen LogP contribution in [0.2, 0.25) is 5.02 Å². The standard InChI is InChI=1S/C27H19ClO3/c28-21-11-5-10-20(17-21)26(29)31-27(30)16-15-19-8-2-4-13-23(19)25(27)24-14-6-9-18-7-1-3-12-22(18)24/h1-15,17,30H,16H2. The Morgan fingerprint density at radius 2 is 1.65 bits per heavy atom. The molecule has 0 saturated carbocycles. The van der Waals surface area contributed by atoms with Crippen molar-refractivity contribution in [3.05, 3.63) is 118 Å². The molecule has 4 aromatic rings. The first-order chi connectivity index (χ1) is 15.0. The summed E-state index contributed by atoms with van der Waals surface area (Å²) in [7, 11) is 0. The lowest BCUT2D eigenvalue weighted by molar-refractivity contribution is -0.115. The Kier molecular flexibility index (Phi) is 4.85. The largest absolute Gasteiger partial charge is 0.425 e. The minimum absolute atomic E-state index is 0.148. The predicted octanol–water partition coefficient (Wildman–Crippen LogP) is 4.42. The molecule has 0 spiro atoms. The maximum absolute atomic E-state index is 13.0. The number of benzene rings is 4. The molecule has 1 aliphatic carbocycles. The summed E-state index contributed by atoms with van der Waals surface area (Å²) in [6.07, 6.45) is 2.05. The van der Waals surface area contributed by atoms with Crippen LogP contribution in [-0.4, -0.2) is 16.9 Å². The highest BCUT2D eigenvalue weighted by Crippen LogP contribution is 2.35. The summed E-state index contributed by atoms with van der Waals surface area (Å²) in [5.74, 6) is -2.45. The molecular weight excluding hydrogens is 408 g/mol. The van der Waals surface area contributed by atoms with Gasteiger partial charge >= 0.3 is 5.97 Å². The van der Waals surface area contributed by atoms with Crippen molar-refractivity contribution in [2.45, 2.75) is 12.2 Å². The first kappa shape index (κ1) is 19.6. The van der Waals surface area contributed by atoms with Gasteiger partial charge in [-0.05, 0) is 45.0 Å². The number of rotatable bonds is 3. The number of hydrogen-bond donors (Lipinski definition) is 1. The average molecular weight is 427 g/mol. The van der Waals surface area contributed by atoms with Crippen LogP contribution >= 0.6 is 11.6 Å². The summed E-state index contributed by atoms with van der Waals surface area (Å²) in [4.78, 5) is 13.0. The first-order valence-electron chi connectivity index (χ1n) is 10.0. The van der Waals surface area contributed by atoms with E-state index >= 15 is 0 Å². The molecule has 5 rings (SSSR count). The van der Waals surface area contributed by atoms with Crippen LogP contribution in [0.25, 0.3) is 22.4 Å². The molecule has 1 atom stereocenters. The van der Waals surface area contributed by atoms with Gasteiger partial charge in [0.2, 0.25) is 5.79 Å². The highest BCUT2D eigenvalue weighted by Gasteiger charge is 2.39. The molecule has 3 nitrogen and oxygen atoms in total. The summed E-state index contributed by atoms with van der Waals surface area (Å²) in [5, 5.41) is 16.0. The summed E-state index contributed by atoms with van der Waals surface area (Å²) in [5.41, 5.74) is 1.70. The maximum atomic E-state index is 13.0. The fourth-order valence-corrected chi connectivity index (χ4v) is 4.37. The van der Waals surface area contributed by atoms with Crippen LogP contribution in [0.1, 0.15) is 22.3 Å². The van der Waals surface area contributed by atoms with Crippen molar-refractivity contribution in [2.24, 2.45) is 0 Å². The minimum atomic E-state index is -1.82. The molecule has 0 aromatic heterocycles. The molecule has 1 N–H and O–H groups in total. The van der Waals surface area contributed by atoms with Gasteiger partial charge in [-0.1, -0.05) is 90.5 Å². The average Bonchev–Trinajstić information content (AvgIpc) is 2.79. The van der Waals surface area contributed by atoms with Gasteiger partial charge in [0.1, 0.15) is 0 Å². The SMILES string of the molecule is O=C(OC1(O)CC=c2ccccc2=C1c1cccc2ccccc12)c1cccc(Cl)c1. The Balaban J connectivity index is 1.73. The van der Waals surface area contributed by atoms with Gasteiger partial charge < -0.3 is 9.84 Å². The van der Waals surface area contributed by atoms with Gasteiger partial charge in [-0.15, -0.1) is 0 Å². The van der Waals surface area contributed by atoms with Crippen LogP contribution in [0.3, 0.4) is 0 Å². The van der Waals surface area contributed by atoms with E-state index in [2.05, 4.69) is 0 Å². The maximum Gasteiger partial charge on any atom is 0.340 e. The summed E-state index contributed by atoms with van der Waals surface area (Å²) in [6, 6.07) is 28.2. The second-order valence-corrected chi connectivity index (χ2v) is 8.02. The molecule has 0 heterocycles.